The van der Waals surface area contributed by atoms with Crippen LogP contribution in [0.5, 0.6) is 0 Å². The first-order valence-electron chi connectivity index (χ1n) is 10.8. The van der Waals surface area contributed by atoms with Crippen molar-refractivity contribution in [1.82, 2.24) is 9.88 Å². The van der Waals surface area contributed by atoms with Crippen molar-refractivity contribution in [2.75, 3.05) is 13.2 Å². The van der Waals surface area contributed by atoms with Crippen molar-refractivity contribution < 1.29 is 19.4 Å². The summed E-state index contributed by atoms with van der Waals surface area (Å²) >= 11 is 0. The number of aliphatic carboxylic acids is 1. The lowest BCUT2D eigenvalue weighted by Gasteiger charge is -2.29. The van der Waals surface area contributed by atoms with Crippen molar-refractivity contribution in [1.29, 1.82) is 0 Å². The molecule has 6 heteroatoms. The van der Waals surface area contributed by atoms with E-state index in [-0.39, 0.29) is 19.1 Å². The van der Waals surface area contributed by atoms with Gasteiger partial charge in [-0.25, -0.2) is 9.59 Å². The van der Waals surface area contributed by atoms with Gasteiger partial charge in [-0.3, -0.25) is 9.88 Å². The average Bonchev–Trinajstić information content (AvgIpc) is 3.12. The van der Waals surface area contributed by atoms with Gasteiger partial charge in [0.15, 0.2) is 6.04 Å². The van der Waals surface area contributed by atoms with Gasteiger partial charge >= 0.3 is 12.1 Å². The van der Waals surface area contributed by atoms with Crippen LogP contribution in [0.15, 0.2) is 67.0 Å². The molecule has 0 aliphatic heterocycles. The topological polar surface area (TPSA) is 79.7 Å². The number of carboxylic acids is 1. The van der Waals surface area contributed by atoms with Gasteiger partial charge in [0.2, 0.25) is 0 Å². The molecule has 1 heterocycles. The summed E-state index contributed by atoms with van der Waals surface area (Å²) in [6.07, 6.45) is 3.08. The molecule has 4 rings (SSSR count). The molecule has 32 heavy (non-hydrogen) atoms. The molecule has 0 saturated carbocycles. The maximum atomic E-state index is 13.2. The third-order valence-corrected chi connectivity index (χ3v) is 5.95. The molecule has 1 amide bonds. The van der Waals surface area contributed by atoms with Crippen LogP contribution in [-0.2, 0) is 9.53 Å². The minimum absolute atomic E-state index is 0.0850. The number of nitrogens with zero attached hydrogens (tertiary/aromatic N) is 2. The van der Waals surface area contributed by atoms with Gasteiger partial charge in [0, 0.05) is 30.4 Å². The first kappa shape index (κ1) is 21.6. The number of pyridine rings is 1. The molecule has 0 radical (unpaired) electrons. The number of hydrogen-bond donors (Lipinski definition) is 1. The maximum absolute atomic E-state index is 13.2. The molecule has 1 N–H and O–H groups in total. The summed E-state index contributed by atoms with van der Waals surface area (Å²) in [5.74, 6) is -1.19. The number of aromatic nitrogens is 1. The number of fused-ring (bicyclic) bond motifs is 3. The van der Waals surface area contributed by atoms with Crippen LogP contribution in [0.25, 0.3) is 11.1 Å². The van der Waals surface area contributed by atoms with Crippen molar-refractivity contribution in [3.63, 3.8) is 0 Å². The number of carbonyl (C=O) groups is 2. The Morgan fingerprint density at radius 3 is 2.25 bits per heavy atom. The van der Waals surface area contributed by atoms with Crippen LogP contribution in [0.1, 0.15) is 47.6 Å². The van der Waals surface area contributed by atoms with Crippen molar-refractivity contribution in [2.24, 2.45) is 0 Å². The van der Waals surface area contributed by atoms with E-state index in [0.29, 0.717) is 12.0 Å². The highest BCUT2D eigenvalue weighted by Gasteiger charge is 2.35. The molecule has 0 bridgehead atoms. The SMILES string of the molecule is CCCN(C(=O)OCC1c2ccccc2-c2ccccc21)C(C(=O)O)c1cnccc1C. The number of carboxylic acid groups (broad SMARTS) is 1. The number of rotatable bonds is 7. The largest absolute Gasteiger partial charge is 0.479 e. The smallest absolute Gasteiger partial charge is 0.410 e. The normalized spacial score (nSPS) is 13.2. The summed E-state index contributed by atoms with van der Waals surface area (Å²) in [7, 11) is 0. The first-order chi connectivity index (χ1) is 15.5. The number of ether oxygens (including phenoxy) is 1. The Bertz CT molecular complexity index is 1100. The second-order valence-electron chi connectivity index (χ2n) is 7.97. The molecular weight excluding hydrogens is 404 g/mol. The van der Waals surface area contributed by atoms with Crippen LogP contribution in [-0.4, -0.2) is 40.2 Å². The highest BCUT2D eigenvalue weighted by molar-refractivity contribution is 5.82. The van der Waals surface area contributed by atoms with Crippen molar-refractivity contribution in [2.45, 2.75) is 32.2 Å². The van der Waals surface area contributed by atoms with E-state index in [9.17, 15) is 14.7 Å². The molecule has 0 spiro atoms. The van der Waals surface area contributed by atoms with E-state index in [4.69, 9.17) is 4.74 Å². The third-order valence-electron chi connectivity index (χ3n) is 5.95. The second-order valence-corrected chi connectivity index (χ2v) is 7.97. The molecular formula is C26H26N2O4. The predicted molar refractivity (Wildman–Crippen MR) is 121 cm³/mol. The molecule has 2 aromatic carbocycles. The van der Waals surface area contributed by atoms with E-state index in [2.05, 4.69) is 29.2 Å². The molecule has 0 saturated heterocycles. The molecule has 1 aliphatic carbocycles. The molecule has 1 atom stereocenters. The fraction of sp³-hybridized carbons (Fsp3) is 0.269. The van der Waals surface area contributed by atoms with E-state index < -0.39 is 18.1 Å². The van der Waals surface area contributed by atoms with Gasteiger partial charge in [-0.1, -0.05) is 55.5 Å². The van der Waals surface area contributed by atoms with Gasteiger partial charge in [-0.2, -0.15) is 0 Å². The van der Waals surface area contributed by atoms with E-state index in [1.54, 1.807) is 12.3 Å². The Morgan fingerprint density at radius 1 is 1.06 bits per heavy atom. The zero-order valence-electron chi connectivity index (χ0n) is 18.2. The van der Waals surface area contributed by atoms with Crippen LogP contribution in [0.3, 0.4) is 0 Å². The zero-order chi connectivity index (χ0) is 22.7. The number of aryl methyl sites for hydroxylation is 1. The number of carbonyl (C=O) groups excluding carboxylic acids is 1. The lowest BCUT2D eigenvalue weighted by atomic mass is 9.98. The van der Waals surface area contributed by atoms with E-state index >= 15 is 0 Å². The summed E-state index contributed by atoms with van der Waals surface area (Å²) in [4.78, 5) is 30.7. The molecule has 1 aliphatic rings. The summed E-state index contributed by atoms with van der Waals surface area (Å²) in [5.41, 5.74) is 5.76. The molecule has 6 nitrogen and oxygen atoms in total. The van der Waals surface area contributed by atoms with Crippen molar-refractivity contribution in [3.05, 3.63) is 89.2 Å². The summed E-state index contributed by atoms with van der Waals surface area (Å²) in [6.45, 7) is 4.13. The predicted octanol–water partition coefficient (Wildman–Crippen LogP) is 5.18. The molecule has 3 aromatic rings. The Balaban J connectivity index is 1.59. The minimum Gasteiger partial charge on any atom is -0.479 e. The highest BCUT2D eigenvalue weighted by Crippen LogP contribution is 2.44. The van der Waals surface area contributed by atoms with Crippen molar-refractivity contribution in [3.8, 4) is 11.1 Å². The van der Waals surface area contributed by atoms with Gasteiger partial charge < -0.3 is 9.84 Å². The van der Waals surface area contributed by atoms with Crippen molar-refractivity contribution >= 4 is 12.1 Å². The van der Waals surface area contributed by atoms with E-state index in [1.807, 2.05) is 38.1 Å². The van der Waals surface area contributed by atoms with Gasteiger partial charge in [-0.15, -0.1) is 0 Å². The second kappa shape index (κ2) is 9.22. The maximum Gasteiger partial charge on any atom is 0.410 e. The lowest BCUT2D eigenvalue weighted by Crippen LogP contribution is -2.40. The molecule has 164 valence electrons. The van der Waals surface area contributed by atoms with Gasteiger partial charge in [0.05, 0.1) is 0 Å². The monoisotopic (exact) mass is 430 g/mol. The standard InChI is InChI=1S/C26H26N2O4/c1-3-14-28(24(25(29)30)22-15-27-13-12-17(22)2)26(31)32-16-23-20-10-6-4-8-18(20)19-9-5-7-11-21(19)23/h4-13,15,23-24H,3,14,16H2,1-2H3,(H,29,30). The Labute approximate surface area is 187 Å². The van der Waals surface area contributed by atoms with E-state index in [1.165, 1.54) is 11.1 Å². The molecule has 1 unspecified atom stereocenters. The lowest BCUT2D eigenvalue weighted by molar-refractivity contribution is -0.143. The van der Waals surface area contributed by atoms with Crippen LogP contribution in [0.2, 0.25) is 0 Å². The van der Waals surface area contributed by atoms with Crippen LogP contribution in [0.4, 0.5) is 4.79 Å². The minimum atomic E-state index is -1.15. The summed E-state index contributed by atoms with van der Waals surface area (Å²) < 4.78 is 5.75. The third kappa shape index (κ3) is 3.96. The quantitative estimate of drug-likeness (QED) is 0.559. The Kier molecular flexibility index (Phi) is 6.21. The summed E-state index contributed by atoms with van der Waals surface area (Å²) in [6, 6.07) is 16.8. The number of amides is 1. The average molecular weight is 431 g/mol. The van der Waals surface area contributed by atoms with Gasteiger partial charge in [-0.05, 0) is 47.2 Å². The summed E-state index contributed by atoms with van der Waals surface area (Å²) in [5, 5.41) is 9.96. The zero-order valence-corrected chi connectivity index (χ0v) is 18.2. The Hall–Kier alpha value is -3.67. The highest BCUT2D eigenvalue weighted by atomic mass is 16.6. The fourth-order valence-corrected chi connectivity index (χ4v) is 4.44. The number of benzene rings is 2. The van der Waals surface area contributed by atoms with Gasteiger partial charge in [0.1, 0.15) is 6.61 Å². The molecule has 0 fully saturated rings. The Morgan fingerprint density at radius 2 is 1.69 bits per heavy atom. The molecule has 1 aromatic heterocycles. The van der Waals surface area contributed by atoms with Crippen LogP contribution >= 0.6 is 0 Å². The first-order valence-corrected chi connectivity index (χ1v) is 10.8. The fourth-order valence-electron chi connectivity index (χ4n) is 4.44. The van der Waals surface area contributed by atoms with Crippen LogP contribution < -0.4 is 0 Å². The van der Waals surface area contributed by atoms with E-state index in [0.717, 1.165) is 27.8 Å². The van der Waals surface area contributed by atoms with Gasteiger partial charge in [0.25, 0.3) is 0 Å². The number of hydrogen-bond acceptors (Lipinski definition) is 4. The van der Waals surface area contributed by atoms with Crippen LogP contribution in [0, 0.1) is 6.92 Å².